The van der Waals surface area contributed by atoms with E-state index in [2.05, 4.69) is 15.6 Å². The molecule has 1 fully saturated rings. The fourth-order valence-corrected chi connectivity index (χ4v) is 1.00. The lowest BCUT2D eigenvalue weighted by Crippen LogP contribution is -2.28. The molecule has 4 nitrogen and oxygen atoms in total. The number of amides is 1. The SMILES string of the molecule is CCN=C1NC(=O)C(CC)N1. The Labute approximate surface area is 66.1 Å². The zero-order valence-corrected chi connectivity index (χ0v) is 6.85. The van der Waals surface area contributed by atoms with Crippen molar-refractivity contribution in [3.8, 4) is 0 Å². The van der Waals surface area contributed by atoms with Gasteiger partial charge in [-0.15, -0.1) is 0 Å². The number of carbonyl (C=O) groups is 1. The van der Waals surface area contributed by atoms with Crippen molar-refractivity contribution < 1.29 is 4.79 Å². The van der Waals surface area contributed by atoms with Crippen molar-refractivity contribution in [2.75, 3.05) is 6.54 Å². The lowest BCUT2D eigenvalue weighted by molar-refractivity contribution is -0.120. The number of hydrogen-bond acceptors (Lipinski definition) is 2. The van der Waals surface area contributed by atoms with E-state index < -0.39 is 0 Å². The first-order valence-electron chi connectivity index (χ1n) is 3.89. The second-order valence-corrected chi connectivity index (χ2v) is 2.42. The first-order valence-corrected chi connectivity index (χ1v) is 3.89. The molecular weight excluding hydrogens is 142 g/mol. The second kappa shape index (κ2) is 3.37. The van der Waals surface area contributed by atoms with Crippen molar-refractivity contribution in [3.05, 3.63) is 0 Å². The van der Waals surface area contributed by atoms with Crippen LogP contribution in [0.3, 0.4) is 0 Å². The summed E-state index contributed by atoms with van der Waals surface area (Å²) in [6.07, 6.45) is 0.800. The first-order chi connectivity index (χ1) is 5.27. The van der Waals surface area contributed by atoms with Gasteiger partial charge in [0.15, 0.2) is 5.96 Å². The van der Waals surface area contributed by atoms with Gasteiger partial charge < -0.3 is 5.32 Å². The molecule has 1 rings (SSSR count). The molecule has 0 bridgehead atoms. The number of carbonyl (C=O) groups excluding carboxylic acids is 1. The molecule has 2 N–H and O–H groups in total. The summed E-state index contributed by atoms with van der Waals surface area (Å²) < 4.78 is 0. The molecule has 62 valence electrons. The fraction of sp³-hybridized carbons (Fsp3) is 0.714. The van der Waals surface area contributed by atoms with Crippen LogP contribution in [0.1, 0.15) is 20.3 Å². The van der Waals surface area contributed by atoms with Crippen LogP contribution in [0.5, 0.6) is 0 Å². The van der Waals surface area contributed by atoms with Gasteiger partial charge in [0.05, 0.1) is 0 Å². The highest BCUT2D eigenvalue weighted by atomic mass is 16.2. The lowest BCUT2D eigenvalue weighted by atomic mass is 10.2. The van der Waals surface area contributed by atoms with E-state index in [1.807, 2.05) is 13.8 Å². The molecule has 1 atom stereocenters. The van der Waals surface area contributed by atoms with Crippen molar-refractivity contribution in [2.24, 2.45) is 4.99 Å². The van der Waals surface area contributed by atoms with Crippen LogP contribution in [0.4, 0.5) is 0 Å². The molecular formula is C7H13N3O. The molecule has 1 unspecified atom stereocenters. The van der Waals surface area contributed by atoms with Gasteiger partial charge in [0.1, 0.15) is 6.04 Å². The van der Waals surface area contributed by atoms with Gasteiger partial charge in [0, 0.05) is 6.54 Å². The van der Waals surface area contributed by atoms with Crippen LogP contribution in [0.25, 0.3) is 0 Å². The van der Waals surface area contributed by atoms with E-state index in [0.29, 0.717) is 12.5 Å². The van der Waals surface area contributed by atoms with E-state index in [0.717, 1.165) is 6.42 Å². The maximum absolute atomic E-state index is 11.0. The Hall–Kier alpha value is -1.06. The predicted octanol–water partition coefficient (Wildman–Crippen LogP) is -0.140. The maximum atomic E-state index is 11.0. The standard InChI is InChI=1S/C7H13N3O/c1-3-5-6(11)10-7(9-5)8-4-2/h5H,3-4H2,1-2H3,(H2,8,9,10,11). The van der Waals surface area contributed by atoms with E-state index in [1.54, 1.807) is 0 Å². The minimum absolute atomic E-state index is 0.0275. The van der Waals surface area contributed by atoms with Gasteiger partial charge in [-0.2, -0.15) is 0 Å². The molecule has 0 aliphatic carbocycles. The minimum atomic E-state index is -0.0831. The van der Waals surface area contributed by atoms with Crippen molar-refractivity contribution in [3.63, 3.8) is 0 Å². The van der Waals surface area contributed by atoms with Crippen LogP contribution in [0.2, 0.25) is 0 Å². The maximum Gasteiger partial charge on any atom is 0.249 e. The Bertz CT molecular complexity index is 188. The highest BCUT2D eigenvalue weighted by molar-refractivity contribution is 6.06. The van der Waals surface area contributed by atoms with Crippen molar-refractivity contribution >= 4 is 11.9 Å². The largest absolute Gasteiger partial charge is 0.344 e. The molecule has 0 saturated carbocycles. The van der Waals surface area contributed by atoms with Gasteiger partial charge >= 0.3 is 0 Å². The highest BCUT2D eigenvalue weighted by Gasteiger charge is 2.25. The van der Waals surface area contributed by atoms with Crippen molar-refractivity contribution in [1.82, 2.24) is 10.6 Å². The van der Waals surface area contributed by atoms with Crippen LogP contribution >= 0.6 is 0 Å². The Morgan fingerprint density at radius 2 is 2.27 bits per heavy atom. The van der Waals surface area contributed by atoms with Crippen LogP contribution < -0.4 is 10.6 Å². The van der Waals surface area contributed by atoms with E-state index in [9.17, 15) is 4.79 Å². The third kappa shape index (κ3) is 1.69. The Kier molecular flexibility index (Phi) is 2.46. The summed E-state index contributed by atoms with van der Waals surface area (Å²) >= 11 is 0. The summed E-state index contributed by atoms with van der Waals surface area (Å²) in [4.78, 5) is 15.1. The molecule has 1 amide bonds. The molecule has 0 aromatic heterocycles. The number of guanidine groups is 1. The van der Waals surface area contributed by atoms with Gasteiger partial charge in [-0.1, -0.05) is 6.92 Å². The van der Waals surface area contributed by atoms with Gasteiger partial charge in [0.25, 0.3) is 0 Å². The van der Waals surface area contributed by atoms with Gasteiger partial charge in [0.2, 0.25) is 5.91 Å². The summed E-state index contributed by atoms with van der Waals surface area (Å²) in [6.45, 7) is 4.59. The summed E-state index contributed by atoms with van der Waals surface area (Å²) in [6, 6.07) is -0.0831. The Morgan fingerprint density at radius 3 is 2.73 bits per heavy atom. The molecule has 11 heavy (non-hydrogen) atoms. The van der Waals surface area contributed by atoms with Crippen LogP contribution in [0.15, 0.2) is 4.99 Å². The molecule has 0 aromatic carbocycles. The Morgan fingerprint density at radius 1 is 1.55 bits per heavy atom. The monoisotopic (exact) mass is 155 g/mol. The summed E-state index contributed by atoms with van der Waals surface area (Å²) in [7, 11) is 0. The average molecular weight is 155 g/mol. The molecule has 4 heteroatoms. The number of aliphatic imine (C=N–C) groups is 1. The van der Waals surface area contributed by atoms with Crippen LogP contribution in [0, 0.1) is 0 Å². The van der Waals surface area contributed by atoms with Gasteiger partial charge in [-0.25, -0.2) is 0 Å². The molecule has 1 heterocycles. The van der Waals surface area contributed by atoms with E-state index in [1.165, 1.54) is 0 Å². The molecule has 0 aromatic rings. The second-order valence-electron chi connectivity index (χ2n) is 2.42. The summed E-state index contributed by atoms with van der Waals surface area (Å²) in [5, 5.41) is 5.64. The molecule has 1 aliphatic rings. The Balaban J connectivity index is 2.56. The van der Waals surface area contributed by atoms with Gasteiger partial charge in [-0.3, -0.25) is 15.1 Å². The third-order valence-electron chi connectivity index (χ3n) is 1.59. The first kappa shape index (κ1) is 8.04. The topological polar surface area (TPSA) is 53.5 Å². The van der Waals surface area contributed by atoms with E-state index in [-0.39, 0.29) is 11.9 Å². The molecule has 0 spiro atoms. The third-order valence-corrected chi connectivity index (χ3v) is 1.59. The van der Waals surface area contributed by atoms with E-state index >= 15 is 0 Å². The van der Waals surface area contributed by atoms with Crippen molar-refractivity contribution in [1.29, 1.82) is 0 Å². The molecule has 0 radical (unpaired) electrons. The van der Waals surface area contributed by atoms with Crippen LogP contribution in [-0.2, 0) is 4.79 Å². The predicted molar refractivity (Wildman–Crippen MR) is 43.3 cm³/mol. The average Bonchev–Trinajstić information content (AvgIpc) is 2.32. The zero-order chi connectivity index (χ0) is 8.27. The molecule has 1 saturated heterocycles. The zero-order valence-electron chi connectivity index (χ0n) is 6.85. The normalized spacial score (nSPS) is 26.9. The van der Waals surface area contributed by atoms with Gasteiger partial charge in [-0.05, 0) is 13.3 Å². The number of nitrogens with zero attached hydrogens (tertiary/aromatic N) is 1. The van der Waals surface area contributed by atoms with E-state index in [4.69, 9.17) is 0 Å². The number of nitrogens with one attached hydrogen (secondary N) is 2. The number of hydrogen-bond donors (Lipinski definition) is 2. The van der Waals surface area contributed by atoms with Crippen molar-refractivity contribution in [2.45, 2.75) is 26.3 Å². The van der Waals surface area contributed by atoms with Crippen LogP contribution in [-0.4, -0.2) is 24.5 Å². The smallest absolute Gasteiger partial charge is 0.249 e. The minimum Gasteiger partial charge on any atom is -0.344 e. The highest BCUT2D eigenvalue weighted by Crippen LogP contribution is 1.96. The lowest BCUT2D eigenvalue weighted by Gasteiger charge is -2.00. The number of rotatable bonds is 2. The fourth-order valence-electron chi connectivity index (χ4n) is 1.00. The molecule has 1 aliphatic heterocycles. The quantitative estimate of drug-likeness (QED) is 0.583. The summed E-state index contributed by atoms with van der Waals surface area (Å²) in [5.74, 6) is 0.643. The summed E-state index contributed by atoms with van der Waals surface area (Å²) in [5.41, 5.74) is 0.